The number of urea groups is 1. The fourth-order valence-electron chi connectivity index (χ4n) is 3.65. The Balaban J connectivity index is 1.55. The maximum absolute atomic E-state index is 13.2. The highest BCUT2D eigenvalue weighted by Gasteiger charge is 2.27. The third-order valence-electron chi connectivity index (χ3n) is 4.94. The second-order valence-electron chi connectivity index (χ2n) is 6.99. The zero-order valence-electron chi connectivity index (χ0n) is 14.5. The lowest BCUT2D eigenvalue weighted by Gasteiger charge is -2.29. The third kappa shape index (κ3) is 4.94. The summed E-state index contributed by atoms with van der Waals surface area (Å²) in [6, 6.07) is 6.18. The molecule has 0 aromatic heterocycles. The predicted octanol–water partition coefficient (Wildman–Crippen LogP) is 2.55. The highest BCUT2D eigenvalue weighted by Crippen LogP contribution is 2.16. The number of carbonyl (C=O) groups is 2. The molecule has 3 amide bonds. The number of benzene rings is 1. The summed E-state index contributed by atoms with van der Waals surface area (Å²) in [6.07, 6.45) is 5.15. The van der Waals surface area contributed by atoms with Gasteiger partial charge in [0.2, 0.25) is 5.91 Å². The van der Waals surface area contributed by atoms with Gasteiger partial charge in [0.05, 0.1) is 6.42 Å². The first-order valence-corrected chi connectivity index (χ1v) is 9.19. The molecule has 5 nitrogen and oxygen atoms in total. The molecular weight excluding hydrogens is 321 g/mol. The number of rotatable bonds is 3. The van der Waals surface area contributed by atoms with E-state index in [1.807, 2.05) is 9.80 Å². The summed E-state index contributed by atoms with van der Waals surface area (Å²) < 4.78 is 13.2. The minimum absolute atomic E-state index is 0.0323. The van der Waals surface area contributed by atoms with Gasteiger partial charge in [-0.2, -0.15) is 0 Å². The molecular formula is C19H26FN3O2. The highest BCUT2D eigenvalue weighted by molar-refractivity contribution is 5.79. The molecule has 0 unspecified atom stereocenters. The van der Waals surface area contributed by atoms with Gasteiger partial charge < -0.3 is 15.1 Å². The van der Waals surface area contributed by atoms with Crippen LogP contribution in [-0.2, 0) is 11.2 Å². The number of nitrogens with one attached hydrogen (secondary N) is 1. The largest absolute Gasteiger partial charge is 0.351 e. The van der Waals surface area contributed by atoms with Crippen molar-refractivity contribution in [2.45, 2.75) is 44.6 Å². The Kier molecular flexibility index (Phi) is 5.89. The molecule has 0 saturated carbocycles. The maximum atomic E-state index is 13.2. The van der Waals surface area contributed by atoms with E-state index < -0.39 is 0 Å². The van der Waals surface area contributed by atoms with Crippen molar-refractivity contribution in [1.29, 1.82) is 0 Å². The van der Waals surface area contributed by atoms with E-state index in [4.69, 9.17) is 0 Å². The lowest BCUT2D eigenvalue weighted by atomic mass is 10.1. The minimum Gasteiger partial charge on any atom is -0.351 e. The van der Waals surface area contributed by atoms with E-state index in [1.165, 1.54) is 12.1 Å². The van der Waals surface area contributed by atoms with Gasteiger partial charge in [-0.25, -0.2) is 9.18 Å². The number of halogens is 1. The lowest BCUT2D eigenvalue weighted by Crippen LogP contribution is -2.48. The molecule has 2 aliphatic rings. The molecule has 2 heterocycles. The van der Waals surface area contributed by atoms with Crippen molar-refractivity contribution in [3.8, 4) is 0 Å². The minimum atomic E-state index is -0.331. The second kappa shape index (κ2) is 8.32. The molecule has 6 heteroatoms. The van der Waals surface area contributed by atoms with Crippen molar-refractivity contribution < 1.29 is 14.0 Å². The van der Waals surface area contributed by atoms with Crippen LogP contribution in [0.1, 0.15) is 37.7 Å². The molecule has 136 valence electrons. The van der Waals surface area contributed by atoms with E-state index in [0.29, 0.717) is 12.1 Å². The van der Waals surface area contributed by atoms with Crippen LogP contribution in [0.25, 0.3) is 0 Å². The molecule has 1 atom stereocenters. The Hall–Kier alpha value is -2.11. The Morgan fingerprint density at radius 2 is 1.80 bits per heavy atom. The molecule has 2 fully saturated rings. The number of amides is 3. The van der Waals surface area contributed by atoms with Gasteiger partial charge in [0, 0.05) is 32.2 Å². The molecule has 1 aromatic carbocycles. The summed E-state index contributed by atoms with van der Waals surface area (Å²) in [5.41, 5.74) is 0.663. The van der Waals surface area contributed by atoms with Gasteiger partial charge in [-0.05, 0) is 49.8 Å². The van der Waals surface area contributed by atoms with Crippen molar-refractivity contribution in [1.82, 2.24) is 15.1 Å². The second-order valence-corrected chi connectivity index (χ2v) is 6.99. The van der Waals surface area contributed by atoms with E-state index in [1.54, 1.807) is 12.1 Å². The van der Waals surface area contributed by atoms with Crippen molar-refractivity contribution in [3.05, 3.63) is 35.6 Å². The van der Waals surface area contributed by atoms with E-state index in [-0.39, 0.29) is 30.2 Å². The molecule has 2 saturated heterocycles. The quantitative estimate of drug-likeness (QED) is 0.914. The van der Waals surface area contributed by atoms with Crippen molar-refractivity contribution in [3.63, 3.8) is 0 Å². The standard InChI is InChI=1S/C19H26FN3O2/c20-16-7-5-6-15(12-16)13-18(24)21-17-8-1-2-11-23(14-17)19(25)22-9-3-4-10-22/h5-7,12,17H,1-4,8-11,13-14H2,(H,21,24)/t17-/m0/s1. The molecule has 25 heavy (non-hydrogen) atoms. The Bertz CT molecular complexity index is 616. The number of carbonyl (C=O) groups excluding carboxylic acids is 2. The first kappa shape index (κ1) is 17.7. The number of hydrogen-bond donors (Lipinski definition) is 1. The van der Waals surface area contributed by atoms with Gasteiger partial charge in [0.25, 0.3) is 0 Å². The summed E-state index contributed by atoms with van der Waals surface area (Å²) in [7, 11) is 0. The SMILES string of the molecule is O=C(Cc1cccc(F)c1)N[C@H]1CCCCN(C(=O)N2CCCC2)C1. The van der Waals surface area contributed by atoms with Crippen LogP contribution < -0.4 is 5.32 Å². The van der Waals surface area contributed by atoms with Gasteiger partial charge in [-0.1, -0.05) is 12.1 Å². The van der Waals surface area contributed by atoms with Crippen molar-refractivity contribution >= 4 is 11.9 Å². The van der Waals surface area contributed by atoms with E-state index in [9.17, 15) is 14.0 Å². The summed E-state index contributed by atoms with van der Waals surface area (Å²) in [6.45, 7) is 2.99. The first-order valence-electron chi connectivity index (χ1n) is 9.19. The third-order valence-corrected chi connectivity index (χ3v) is 4.94. The molecule has 0 radical (unpaired) electrons. The first-order chi connectivity index (χ1) is 12.1. The fourth-order valence-corrected chi connectivity index (χ4v) is 3.65. The summed E-state index contributed by atoms with van der Waals surface area (Å²) >= 11 is 0. The van der Waals surface area contributed by atoms with Crippen LogP contribution in [-0.4, -0.2) is 54.0 Å². The van der Waals surface area contributed by atoms with Crippen LogP contribution in [0.2, 0.25) is 0 Å². The molecule has 0 bridgehead atoms. The van der Waals surface area contributed by atoms with Crippen LogP contribution in [0, 0.1) is 5.82 Å². The van der Waals surface area contributed by atoms with Crippen molar-refractivity contribution in [2.75, 3.05) is 26.2 Å². The van der Waals surface area contributed by atoms with Crippen LogP contribution in [0.15, 0.2) is 24.3 Å². The highest BCUT2D eigenvalue weighted by atomic mass is 19.1. The van der Waals surface area contributed by atoms with Gasteiger partial charge in [0.1, 0.15) is 5.82 Å². The normalized spacial score (nSPS) is 21.1. The summed E-state index contributed by atoms with van der Waals surface area (Å²) in [5, 5.41) is 3.03. The average Bonchev–Trinajstić information content (AvgIpc) is 3.01. The van der Waals surface area contributed by atoms with Gasteiger partial charge >= 0.3 is 6.03 Å². The van der Waals surface area contributed by atoms with Crippen molar-refractivity contribution in [2.24, 2.45) is 0 Å². The number of hydrogen-bond acceptors (Lipinski definition) is 2. The Morgan fingerprint density at radius 1 is 1.08 bits per heavy atom. The maximum Gasteiger partial charge on any atom is 0.320 e. The topological polar surface area (TPSA) is 52.7 Å². The van der Waals surface area contributed by atoms with Crippen LogP contribution >= 0.6 is 0 Å². The summed E-state index contributed by atoms with van der Waals surface area (Å²) in [5.74, 6) is -0.451. The molecule has 2 aliphatic heterocycles. The summed E-state index contributed by atoms with van der Waals surface area (Å²) in [4.78, 5) is 28.7. The van der Waals surface area contributed by atoms with Crippen LogP contribution in [0.4, 0.5) is 9.18 Å². The van der Waals surface area contributed by atoms with Crippen LogP contribution in [0.5, 0.6) is 0 Å². The van der Waals surface area contributed by atoms with E-state index in [0.717, 1.165) is 51.7 Å². The molecule has 0 aliphatic carbocycles. The molecule has 1 aromatic rings. The Labute approximate surface area is 148 Å². The number of likely N-dealkylation sites (tertiary alicyclic amines) is 2. The van der Waals surface area contributed by atoms with Gasteiger partial charge in [0.15, 0.2) is 0 Å². The smallest absolute Gasteiger partial charge is 0.320 e. The Morgan fingerprint density at radius 3 is 2.56 bits per heavy atom. The monoisotopic (exact) mass is 347 g/mol. The van der Waals surface area contributed by atoms with Gasteiger partial charge in [-0.3, -0.25) is 4.79 Å². The van der Waals surface area contributed by atoms with E-state index in [2.05, 4.69) is 5.32 Å². The fraction of sp³-hybridized carbons (Fsp3) is 0.579. The molecule has 3 rings (SSSR count). The predicted molar refractivity (Wildman–Crippen MR) is 93.7 cm³/mol. The van der Waals surface area contributed by atoms with Crippen LogP contribution in [0.3, 0.4) is 0 Å². The van der Waals surface area contributed by atoms with Gasteiger partial charge in [-0.15, -0.1) is 0 Å². The zero-order chi connectivity index (χ0) is 17.6. The number of nitrogens with zero attached hydrogens (tertiary/aromatic N) is 2. The molecule has 1 N–H and O–H groups in total. The lowest BCUT2D eigenvalue weighted by molar-refractivity contribution is -0.121. The molecule has 0 spiro atoms. The zero-order valence-corrected chi connectivity index (χ0v) is 14.5. The average molecular weight is 347 g/mol. The van der Waals surface area contributed by atoms with E-state index >= 15 is 0 Å².